The molecular weight excluding hydrogens is 360 g/mol. The molecule has 0 unspecified atom stereocenters. The lowest BCUT2D eigenvalue weighted by atomic mass is 10.1. The van der Waals surface area contributed by atoms with Crippen LogP contribution in [-0.4, -0.2) is 41.7 Å². The van der Waals surface area contributed by atoms with Gasteiger partial charge in [-0.2, -0.15) is 0 Å². The lowest BCUT2D eigenvalue weighted by Gasteiger charge is -2.13. The monoisotopic (exact) mass is 380 g/mol. The first kappa shape index (κ1) is 19.3. The number of ether oxygens (including phenoxy) is 1. The Balaban J connectivity index is 1.47. The van der Waals surface area contributed by atoms with Gasteiger partial charge in [0.1, 0.15) is 0 Å². The maximum atomic E-state index is 12.2. The fraction of sp³-hybridized carbons (Fsp3) is 0.238. The Morgan fingerprint density at radius 2 is 1.64 bits per heavy atom. The molecule has 1 heterocycles. The van der Waals surface area contributed by atoms with Crippen LogP contribution in [0.2, 0.25) is 0 Å². The molecule has 0 radical (unpaired) electrons. The van der Waals surface area contributed by atoms with Gasteiger partial charge in [0.2, 0.25) is 0 Å². The SMILES string of the molecule is Cc1ccc(NC(=O)COC(=O)CCN2C(=O)c3ccccc3C2=O)c(C)c1. The van der Waals surface area contributed by atoms with E-state index in [4.69, 9.17) is 4.74 Å². The molecule has 1 aliphatic rings. The van der Waals surface area contributed by atoms with Crippen molar-refractivity contribution < 1.29 is 23.9 Å². The predicted octanol–water partition coefficient (Wildman–Crippen LogP) is 2.47. The van der Waals surface area contributed by atoms with Gasteiger partial charge in [0.25, 0.3) is 17.7 Å². The summed E-state index contributed by atoms with van der Waals surface area (Å²) in [7, 11) is 0. The van der Waals surface area contributed by atoms with E-state index in [-0.39, 0.29) is 13.0 Å². The molecule has 0 saturated heterocycles. The lowest BCUT2D eigenvalue weighted by molar-refractivity contribution is -0.147. The molecule has 7 heteroatoms. The van der Waals surface area contributed by atoms with Crippen molar-refractivity contribution >= 4 is 29.4 Å². The van der Waals surface area contributed by atoms with E-state index in [1.54, 1.807) is 30.3 Å². The highest BCUT2D eigenvalue weighted by atomic mass is 16.5. The van der Waals surface area contributed by atoms with Gasteiger partial charge in [-0.3, -0.25) is 24.1 Å². The van der Waals surface area contributed by atoms with Gasteiger partial charge in [0, 0.05) is 12.2 Å². The first-order valence-corrected chi connectivity index (χ1v) is 8.85. The second-order valence-corrected chi connectivity index (χ2v) is 6.58. The molecule has 0 bridgehead atoms. The van der Waals surface area contributed by atoms with Crippen LogP contribution in [0.3, 0.4) is 0 Å². The first-order valence-electron chi connectivity index (χ1n) is 8.85. The molecule has 0 fully saturated rings. The van der Waals surface area contributed by atoms with Gasteiger partial charge in [-0.05, 0) is 37.6 Å². The number of hydrogen-bond acceptors (Lipinski definition) is 5. The fourth-order valence-corrected chi connectivity index (χ4v) is 3.00. The van der Waals surface area contributed by atoms with Crippen LogP contribution in [0, 0.1) is 13.8 Å². The summed E-state index contributed by atoms with van der Waals surface area (Å²) in [4.78, 5) is 49.3. The van der Waals surface area contributed by atoms with Crippen LogP contribution in [0.1, 0.15) is 38.3 Å². The van der Waals surface area contributed by atoms with Gasteiger partial charge in [0.15, 0.2) is 6.61 Å². The van der Waals surface area contributed by atoms with Gasteiger partial charge in [-0.15, -0.1) is 0 Å². The zero-order valence-electron chi connectivity index (χ0n) is 15.7. The smallest absolute Gasteiger partial charge is 0.308 e. The number of amides is 3. The predicted molar refractivity (Wildman–Crippen MR) is 102 cm³/mol. The van der Waals surface area contributed by atoms with Crippen LogP contribution >= 0.6 is 0 Å². The topological polar surface area (TPSA) is 92.8 Å². The van der Waals surface area contributed by atoms with Gasteiger partial charge < -0.3 is 10.1 Å². The number of fused-ring (bicyclic) bond motifs is 1. The van der Waals surface area contributed by atoms with E-state index < -0.39 is 30.3 Å². The van der Waals surface area contributed by atoms with E-state index >= 15 is 0 Å². The minimum atomic E-state index is -0.660. The number of imide groups is 1. The van der Waals surface area contributed by atoms with Crippen molar-refractivity contribution in [3.8, 4) is 0 Å². The van der Waals surface area contributed by atoms with Crippen molar-refractivity contribution in [2.75, 3.05) is 18.5 Å². The average Bonchev–Trinajstić information content (AvgIpc) is 2.91. The molecule has 1 aliphatic heterocycles. The molecule has 1 N–H and O–H groups in total. The summed E-state index contributed by atoms with van der Waals surface area (Å²) < 4.78 is 4.95. The third kappa shape index (κ3) is 4.09. The Morgan fingerprint density at radius 1 is 1.00 bits per heavy atom. The number of nitrogens with one attached hydrogen (secondary N) is 1. The minimum absolute atomic E-state index is 0.0934. The van der Waals surface area contributed by atoms with Crippen LogP contribution in [0.25, 0.3) is 0 Å². The van der Waals surface area contributed by atoms with Crippen LogP contribution in [0.15, 0.2) is 42.5 Å². The molecule has 7 nitrogen and oxygen atoms in total. The Labute approximate surface area is 162 Å². The van der Waals surface area contributed by atoms with Crippen molar-refractivity contribution in [1.82, 2.24) is 4.90 Å². The van der Waals surface area contributed by atoms with E-state index in [1.807, 2.05) is 26.0 Å². The summed E-state index contributed by atoms with van der Waals surface area (Å²) in [5, 5.41) is 2.68. The molecule has 0 atom stereocenters. The summed E-state index contributed by atoms with van der Waals surface area (Å²) >= 11 is 0. The Hall–Kier alpha value is -3.48. The van der Waals surface area contributed by atoms with Crippen LogP contribution in [0.4, 0.5) is 5.69 Å². The number of hydrogen-bond donors (Lipinski definition) is 1. The molecule has 3 amide bonds. The summed E-state index contributed by atoms with van der Waals surface area (Å²) in [5.74, 6) is -1.98. The summed E-state index contributed by atoms with van der Waals surface area (Å²) in [6, 6.07) is 12.1. The molecule has 0 spiro atoms. The molecule has 144 valence electrons. The van der Waals surface area contributed by atoms with Crippen LogP contribution < -0.4 is 5.32 Å². The van der Waals surface area contributed by atoms with Crippen molar-refractivity contribution in [2.45, 2.75) is 20.3 Å². The molecular formula is C21H20N2O5. The highest BCUT2D eigenvalue weighted by molar-refractivity contribution is 6.21. The summed E-state index contributed by atoms with van der Waals surface area (Å²) in [6.45, 7) is 3.30. The molecule has 2 aromatic rings. The second kappa shape index (κ2) is 8.04. The van der Waals surface area contributed by atoms with Crippen molar-refractivity contribution in [3.63, 3.8) is 0 Å². The van der Waals surface area contributed by atoms with Gasteiger partial charge in [-0.1, -0.05) is 29.8 Å². The van der Waals surface area contributed by atoms with E-state index in [0.29, 0.717) is 16.8 Å². The third-order valence-electron chi connectivity index (χ3n) is 4.44. The molecule has 3 rings (SSSR count). The maximum absolute atomic E-state index is 12.2. The fourth-order valence-electron chi connectivity index (χ4n) is 3.00. The minimum Gasteiger partial charge on any atom is -0.456 e. The standard InChI is InChI=1S/C21H20N2O5/c1-13-7-8-17(14(2)11-13)22-18(24)12-28-19(25)9-10-23-20(26)15-5-3-4-6-16(15)21(23)27/h3-8,11H,9-10,12H2,1-2H3,(H,22,24). The average molecular weight is 380 g/mol. The maximum Gasteiger partial charge on any atom is 0.308 e. The lowest BCUT2D eigenvalue weighted by Crippen LogP contribution is -2.32. The highest BCUT2D eigenvalue weighted by Crippen LogP contribution is 2.22. The highest BCUT2D eigenvalue weighted by Gasteiger charge is 2.35. The molecule has 2 aromatic carbocycles. The summed E-state index contributed by atoms with van der Waals surface area (Å²) in [6.07, 6.45) is -0.178. The quantitative estimate of drug-likeness (QED) is 0.614. The number of anilines is 1. The van der Waals surface area contributed by atoms with E-state index in [9.17, 15) is 19.2 Å². The number of aryl methyl sites for hydroxylation is 2. The third-order valence-corrected chi connectivity index (χ3v) is 4.44. The Bertz CT molecular complexity index is 932. The number of nitrogens with zero attached hydrogens (tertiary/aromatic N) is 1. The van der Waals surface area contributed by atoms with Gasteiger partial charge in [0.05, 0.1) is 17.5 Å². The van der Waals surface area contributed by atoms with Crippen molar-refractivity contribution in [2.24, 2.45) is 0 Å². The largest absolute Gasteiger partial charge is 0.456 e. The molecule has 0 aliphatic carbocycles. The van der Waals surface area contributed by atoms with Crippen LogP contribution in [0.5, 0.6) is 0 Å². The van der Waals surface area contributed by atoms with E-state index in [2.05, 4.69) is 5.32 Å². The van der Waals surface area contributed by atoms with E-state index in [1.165, 1.54) is 0 Å². The number of carbonyl (C=O) groups is 4. The normalized spacial score (nSPS) is 12.7. The van der Waals surface area contributed by atoms with Gasteiger partial charge in [-0.25, -0.2) is 0 Å². The van der Waals surface area contributed by atoms with Crippen LogP contribution in [-0.2, 0) is 14.3 Å². The molecule has 0 aromatic heterocycles. The first-order chi connectivity index (χ1) is 13.4. The Morgan fingerprint density at radius 3 is 2.25 bits per heavy atom. The summed E-state index contributed by atoms with van der Waals surface area (Å²) in [5.41, 5.74) is 3.29. The molecule has 0 saturated carbocycles. The zero-order valence-corrected chi connectivity index (χ0v) is 15.7. The van der Waals surface area contributed by atoms with Gasteiger partial charge >= 0.3 is 5.97 Å². The number of benzene rings is 2. The second-order valence-electron chi connectivity index (χ2n) is 6.58. The van der Waals surface area contributed by atoms with Crippen molar-refractivity contribution in [1.29, 1.82) is 0 Å². The zero-order chi connectivity index (χ0) is 20.3. The van der Waals surface area contributed by atoms with Crippen molar-refractivity contribution in [3.05, 3.63) is 64.7 Å². The van der Waals surface area contributed by atoms with E-state index in [0.717, 1.165) is 16.0 Å². The number of carbonyl (C=O) groups excluding carboxylic acids is 4. The Kier molecular flexibility index (Phi) is 5.54. The molecule has 28 heavy (non-hydrogen) atoms. The number of esters is 1. The number of rotatable bonds is 6.